The molecule has 1 N–H and O–H groups in total. The lowest BCUT2D eigenvalue weighted by molar-refractivity contribution is 0.0688. The van der Waals surface area contributed by atoms with Crippen LogP contribution in [0.2, 0.25) is 0 Å². The molecule has 0 fully saturated rings. The van der Waals surface area contributed by atoms with Crippen LogP contribution in [0, 0.1) is 5.92 Å². The molecule has 2 heterocycles. The molecule has 6 heteroatoms. The fourth-order valence-electron chi connectivity index (χ4n) is 2.42. The van der Waals surface area contributed by atoms with E-state index in [0.29, 0.717) is 11.7 Å². The van der Waals surface area contributed by atoms with Gasteiger partial charge in [0, 0.05) is 18.0 Å². The lowest BCUT2D eigenvalue weighted by Gasteiger charge is -2.04. The van der Waals surface area contributed by atoms with Gasteiger partial charge in [-0.2, -0.15) is 5.10 Å². The third-order valence-electron chi connectivity index (χ3n) is 3.15. The Labute approximate surface area is 103 Å². The molecule has 0 bridgehead atoms. The lowest BCUT2D eigenvalue weighted by atomic mass is 10.1. The highest BCUT2D eigenvalue weighted by atomic mass is 16.4. The Balaban J connectivity index is 2.18. The van der Waals surface area contributed by atoms with Crippen LogP contribution in [-0.2, 0) is 12.8 Å². The topological polar surface area (TPSA) is 80.9 Å². The van der Waals surface area contributed by atoms with Crippen LogP contribution >= 0.6 is 0 Å². The Morgan fingerprint density at radius 3 is 2.94 bits per heavy atom. The molecule has 2 aromatic heterocycles. The maximum absolute atomic E-state index is 11.2. The van der Waals surface area contributed by atoms with Crippen molar-refractivity contribution in [2.75, 3.05) is 0 Å². The van der Waals surface area contributed by atoms with E-state index in [4.69, 9.17) is 0 Å². The second-order valence-corrected chi connectivity index (χ2v) is 4.57. The van der Waals surface area contributed by atoms with Gasteiger partial charge in [0.15, 0.2) is 11.5 Å². The van der Waals surface area contributed by atoms with Gasteiger partial charge in [0.25, 0.3) is 0 Å². The van der Waals surface area contributed by atoms with Crippen LogP contribution in [0.5, 0.6) is 0 Å². The Hall–Kier alpha value is -2.24. The summed E-state index contributed by atoms with van der Waals surface area (Å²) in [7, 11) is 0. The molecule has 0 saturated carbocycles. The zero-order valence-electron chi connectivity index (χ0n) is 9.87. The number of carboxylic acid groups (broad SMARTS) is 1. The summed E-state index contributed by atoms with van der Waals surface area (Å²) < 4.78 is 1.61. The van der Waals surface area contributed by atoms with Crippen molar-refractivity contribution >= 4 is 5.97 Å². The lowest BCUT2D eigenvalue weighted by Crippen LogP contribution is -2.08. The van der Waals surface area contributed by atoms with E-state index in [9.17, 15) is 9.90 Å². The highest BCUT2D eigenvalue weighted by Gasteiger charge is 2.30. The van der Waals surface area contributed by atoms with Crippen LogP contribution in [0.1, 0.15) is 28.7 Å². The van der Waals surface area contributed by atoms with E-state index in [1.54, 1.807) is 23.3 Å². The summed E-state index contributed by atoms with van der Waals surface area (Å²) in [5, 5.41) is 13.3. The minimum atomic E-state index is -0.983. The Morgan fingerprint density at radius 1 is 1.44 bits per heavy atom. The number of fused-ring (bicyclic) bond motifs is 1. The van der Waals surface area contributed by atoms with Crippen LogP contribution in [0.15, 0.2) is 18.6 Å². The molecule has 92 valence electrons. The maximum Gasteiger partial charge on any atom is 0.356 e. The van der Waals surface area contributed by atoms with E-state index in [1.807, 2.05) is 0 Å². The number of rotatable bonds is 2. The normalized spacial score (nSPS) is 17.7. The third-order valence-corrected chi connectivity index (χ3v) is 3.15. The Morgan fingerprint density at radius 2 is 2.28 bits per heavy atom. The smallest absolute Gasteiger partial charge is 0.356 e. The Bertz CT molecular complexity index is 606. The van der Waals surface area contributed by atoms with E-state index < -0.39 is 5.97 Å². The minimum absolute atomic E-state index is 0.139. The molecule has 0 spiro atoms. The first-order valence-electron chi connectivity index (χ1n) is 5.77. The molecule has 0 saturated heterocycles. The molecule has 2 aromatic rings. The van der Waals surface area contributed by atoms with Crippen molar-refractivity contribution in [3.8, 4) is 5.82 Å². The van der Waals surface area contributed by atoms with E-state index in [2.05, 4.69) is 22.0 Å². The third kappa shape index (κ3) is 1.57. The van der Waals surface area contributed by atoms with E-state index in [0.717, 1.165) is 24.1 Å². The molecule has 0 radical (unpaired) electrons. The number of hydrogen-bond acceptors (Lipinski definition) is 4. The predicted octanol–water partition coefficient (Wildman–Crippen LogP) is 1.10. The van der Waals surface area contributed by atoms with Gasteiger partial charge in [0.05, 0.1) is 11.9 Å². The summed E-state index contributed by atoms with van der Waals surface area (Å²) in [6.45, 7) is 2.10. The van der Waals surface area contributed by atoms with E-state index >= 15 is 0 Å². The second-order valence-electron chi connectivity index (χ2n) is 4.57. The fourth-order valence-corrected chi connectivity index (χ4v) is 2.42. The zero-order chi connectivity index (χ0) is 12.7. The monoisotopic (exact) mass is 244 g/mol. The van der Waals surface area contributed by atoms with Crippen molar-refractivity contribution in [3.63, 3.8) is 0 Å². The first-order chi connectivity index (χ1) is 8.66. The van der Waals surface area contributed by atoms with Crippen molar-refractivity contribution in [2.24, 2.45) is 5.92 Å². The van der Waals surface area contributed by atoms with Crippen molar-refractivity contribution in [2.45, 2.75) is 19.8 Å². The van der Waals surface area contributed by atoms with Crippen molar-refractivity contribution in [1.29, 1.82) is 0 Å². The fraction of sp³-hybridized carbons (Fsp3) is 0.333. The zero-order valence-corrected chi connectivity index (χ0v) is 9.87. The molecule has 0 aliphatic heterocycles. The number of carbonyl (C=O) groups is 1. The number of hydrogen-bond donors (Lipinski definition) is 1. The van der Waals surface area contributed by atoms with Gasteiger partial charge < -0.3 is 5.11 Å². The standard InChI is InChI=1S/C12H12N4O2/c1-7-4-8-9(5-7)16(15-11(8)12(17)18)10-6-13-2-3-14-10/h2-3,6-7H,4-5H2,1H3,(H,17,18). The van der Waals surface area contributed by atoms with E-state index in [-0.39, 0.29) is 5.69 Å². The van der Waals surface area contributed by atoms with Crippen molar-refractivity contribution < 1.29 is 9.90 Å². The van der Waals surface area contributed by atoms with Gasteiger partial charge >= 0.3 is 5.97 Å². The molecule has 1 unspecified atom stereocenters. The maximum atomic E-state index is 11.2. The molecule has 0 aromatic carbocycles. The average molecular weight is 244 g/mol. The predicted molar refractivity (Wildman–Crippen MR) is 62.7 cm³/mol. The first kappa shape index (κ1) is 10.9. The minimum Gasteiger partial charge on any atom is -0.476 e. The summed E-state index contributed by atoms with van der Waals surface area (Å²) >= 11 is 0. The van der Waals surface area contributed by atoms with Gasteiger partial charge in [-0.05, 0) is 18.8 Å². The van der Waals surface area contributed by atoms with Gasteiger partial charge in [0.2, 0.25) is 0 Å². The Kier molecular flexibility index (Phi) is 2.36. The number of aromatic carboxylic acids is 1. The summed E-state index contributed by atoms with van der Waals surface area (Å²) in [5.74, 6) is 0.0253. The summed E-state index contributed by atoms with van der Waals surface area (Å²) in [5.41, 5.74) is 1.92. The molecule has 1 aliphatic carbocycles. The van der Waals surface area contributed by atoms with Gasteiger partial charge in [-0.3, -0.25) is 4.98 Å². The molecule has 3 rings (SSSR count). The quantitative estimate of drug-likeness (QED) is 0.855. The van der Waals surface area contributed by atoms with Gasteiger partial charge in [-0.25, -0.2) is 14.5 Å². The largest absolute Gasteiger partial charge is 0.476 e. The number of carboxylic acids is 1. The highest BCUT2D eigenvalue weighted by molar-refractivity contribution is 5.87. The number of nitrogens with zero attached hydrogens (tertiary/aromatic N) is 4. The summed E-state index contributed by atoms with van der Waals surface area (Å²) in [6, 6.07) is 0. The SMILES string of the molecule is CC1Cc2c(C(=O)O)nn(-c3cnccn3)c2C1. The van der Waals surface area contributed by atoms with Crippen LogP contribution in [0.4, 0.5) is 0 Å². The molecule has 0 amide bonds. The first-order valence-corrected chi connectivity index (χ1v) is 5.77. The van der Waals surface area contributed by atoms with E-state index in [1.165, 1.54) is 0 Å². The van der Waals surface area contributed by atoms with Gasteiger partial charge in [-0.15, -0.1) is 0 Å². The molecular formula is C12H12N4O2. The molecule has 1 atom stereocenters. The van der Waals surface area contributed by atoms with Crippen molar-refractivity contribution in [3.05, 3.63) is 35.5 Å². The molecule has 6 nitrogen and oxygen atoms in total. The van der Waals surface area contributed by atoms with Gasteiger partial charge in [0.1, 0.15) is 0 Å². The van der Waals surface area contributed by atoms with Gasteiger partial charge in [-0.1, -0.05) is 6.92 Å². The van der Waals surface area contributed by atoms with Crippen LogP contribution in [0.25, 0.3) is 5.82 Å². The van der Waals surface area contributed by atoms with Crippen LogP contribution in [-0.4, -0.2) is 30.8 Å². The molecule has 1 aliphatic rings. The van der Waals surface area contributed by atoms with Crippen molar-refractivity contribution in [1.82, 2.24) is 19.7 Å². The second kappa shape index (κ2) is 3.90. The van der Waals surface area contributed by atoms with Crippen LogP contribution < -0.4 is 0 Å². The molecule has 18 heavy (non-hydrogen) atoms. The summed E-state index contributed by atoms with van der Waals surface area (Å²) in [4.78, 5) is 19.4. The highest BCUT2D eigenvalue weighted by Crippen LogP contribution is 2.30. The van der Waals surface area contributed by atoms with Crippen LogP contribution in [0.3, 0.4) is 0 Å². The molecular weight excluding hydrogens is 232 g/mol. The average Bonchev–Trinajstić information content (AvgIpc) is 2.87. The summed E-state index contributed by atoms with van der Waals surface area (Å²) in [6.07, 6.45) is 6.32. The number of aromatic nitrogens is 4.